The van der Waals surface area contributed by atoms with Gasteiger partial charge < -0.3 is 15.2 Å². The number of benzene rings is 3. The van der Waals surface area contributed by atoms with Crippen molar-refractivity contribution in [1.82, 2.24) is 9.97 Å². The molecule has 1 heterocycles. The van der Waals surface area contributed by atoms with Gasteiger partial charge in [-0.1, -0.05) is 42.5 Å². The Labute approximate surface area is 166 Å². The first-order valence-electron chi connectivity index (χ1n) is 9.08. The highest BCUT2D eigenvalue weighted by Crippen LogP contribution is 2.37. The van der Waals surface area contributed by atoms with Gasteiger partial charge in [0, 0.05) is 0 Å². The number of aromatic hydroxyl groups is 1. The molecule has 0 bridgehead atoms. The molecule has 0 radical (unpaired) electrons. The summed E-state index contributed by atoms with van der Waals surface area (Å²) in [6.07, 6.45) is 1.24. The molecular formula is C23H18N2O4. The number of hydrogen-bond acceptors (Lipinski definition) is 4. The highest BCUT2D eigenvalue weighted by Gasteiger charge is 2.18. The van der Waals surface area contributed by atoms with Crippen LogP contribution in [0.5, 0.6) is 5.75 Å². The van der Waals surface area contributed by atoms with Crippen molar-refractivity contribution in [2.75, 3.05) is 0 Å². The zero-order valence-electron chi connectivity index (χ0n) is 15.6. The van der Waals surface area contributed by atoms with Gasteiger partial charge in [0.1, 0.15) is 11.3 Å². The van der Waals surface area contributed by atoms with Crippen LogP contribution in [0.1, 0.15) is 18.4 Å². The second kappa shape index (κ2) is 7.24. The molecule has 4 aromatic rings. The molecule has 0 fully saturated rings. The minimum Gasteiger partial charge on any atom is -0.506 e. The van der Waals surface area contributed by atoms with E-state index in [1.807, 2.05) is 36.4 Å². The predicted molar refractivity (Wildman–Crippen MR) is 111 cm³/mol. The molecule has 1 atom stereocenters. The van der Waals surface area contributed by atoms with Gasteiger partial charge in [-0.25, -0.2) is 4.98 Å². The summed E-state index contributed by atoms with van der Waals surface area (Å²) >= 11 is 0. The Morgan fingerprint density at radius 3 is 2.48 bits per heavy atom. The molecule has 0 amide bonds. The lowest BCUT2D eigenvalue weighted by Crippen LogP contribution is -2.08. The first kappa shape index (κ1) is 18.4. The average Bonchev–Trinajstić information content (AvgIpc) is 2.74. The van der Waals surface area contributed by atoms with Crippen LogP contribution in [0.2, 0.25) is 0 Å². The average molecular weight is 386 g/mol. The summed E-state index contributed by atoms with van der Waals surface area (Å²) in [5, 5.41) is 20.1. The molecule has 6 nitrogen and oxygen atoms in total. The number of hydrogen-bond donors (Lipinski definition) is 3. The Morgan fingerprint density at radius 2 is 1.76 bits per heavy atom. The van der Waals surface area contributed by atoms with Gasteiger partial charge in [-0.15, -0.1) is 0 Å². The number of carbonyl (C=O) groups is 1. The van der Waals surface area contributed by atoms with E-state index in [2.05, 4.69) is 9.97 Å². The van der Waals surface area contributed by atoms with Gasteiger partial charge in [-0.05, 0) is 52.9 Å². The lowest BCUT2D eigenvalue weighted by molar-refractivity contribution is -0.138. The second-order valence-corrected chi connectivity index (χ2v) is 6.85. The van der Waals surface area contributed by atoms with E-state index in [0.717, 1.165) is 16.7 Å². The van der Waals surface area contributed by atoms with Gasteiger partial charge in [0.05, 0.1) is 17.6 Å². The summed E-state index contributed by atoms with van der Waals surface area (Å²) in [6, 6.07) is 18.3. The third-order valence-corrected chi connectivity index (χ3v) is 5.03. The number of carboxylic acid groups (broad SMARTS) is 1. The Kier molecular flexibility index (Phi) is 4.60. The van der Waals surface area contributed by atoms with Crippen molar-refractivity contribution in [2.24, 2.45) is 0 Å². The van der Waals surface area contributed by atoms with Crippen LogP contribution >= 0.6 is 0 Å². The van der Waals surface area contributed by atoms with Crippen molar-refractivity contribution in [1.29, 1.82) is 0 Å². The molecule has 0 spiro atoms. The summed E-state index contributed by atoms with van der Waals surface area (Å²) in [5.74, 6) is -1.73. The van der Waals surface area contributed by atoms with Gasteiger partial charge in [0.25, 0.3) is 5.56 Å². The molecule has 0 saturated carbocycles. The second-order valence-electron chi connectivity index (χ2n) is 6.85. The Bertz CT molecular complexity index is 1280. The Balaban J connectivity index is 2.01. The lowest BCUT2D eigenvalue weighted by Gasteiger charge is -2.15. The molecular weight excluding hydrogens is 368 g/mol. The number of carboxylic acids is 1. The van der Waals surface area contributed by atoms with Gasteiger partial charge in [0.2, 0.25) is 0 Å². The van der Waals surface area contributed by atoms with Crippen LogP contribution in [0.15, 0.2) is 71.8 Å². The van der Waals surface area contributed by atoms with Gasteiger partial charge in [-0.3, -0.25) is 9.59 Å². The number of nitrogens with one attached hydrogen (secondary N) is 1. The molecule has 29 heavy (non-hydrogen) atoms. The standard InChI is InChI=1S/C23H18N2O4/c1-13(23(28)29)15-7-8-17(14-5-3-2-4-6-14)18(9-15)16-10-19-21(20(26)11-16)24-12-25-22(19)27/h2-13,26H,1H3,(H,28,29)(H,24,25,27). The van der Waals surface area contributed by atoms with Crippen molar-refractivity contribution in [2.45, 2.75) is 12.8 Å². The van der Waals surface area contributed by atoms with Crippen LogP contribution in [0.25, 0.3) is 33.2 Å². The molecule has 3 aromatic carbocycles. The first-order chi connectivity index (χ1) is 14.0. The number of H-pyrrole nitrogens is 1. The van der Waals surface area contributed by atoms with E-state index in [4.69, 9.17) is 0 Å². The molecule has 0 aliphatic rings. The Morgan fingerprint density at radius 1 is 1.00 bits per heavy atom. The maximum atomic E-state index is 12.2. The molecule has 0 aliphatic heterocycles. The topological polar surface area (TPSA) is 103 Å². The van der Waals surface area contributed by atoms with Crippen LogP contribution in [0.3, 0.4) is 0 Å². The third kappa shape index (κ3) is 3.36. The summed E-state index contributed by atoms with van der Waals surface area (Å²) in [4.78, 5) is 30.3. The molecule has 0 aliphatic carbocycles. The van der Waals surface area contributed by atoms with Crippen LogP contribution in [-0.4, -0.2) is 26.2 Å². The normalized spacial score (nSPS) is 12.0. The van der Waals surface area contributed by atoms with E-state index in [9.17, 15) is 19.8 Å². The summed E-state index contributed by atoms with van der Waals surface area (Å²) in [6.45, 7) is 1.62. The number of rotatable bonds is 4. The third-order valence-electron chi connectivity index (χ3n) is 5.03. The summed E-state index contributed by atoms with van der Waals surface area (Å²) in [7, 11) is 0. The molecule has 0 saturated heterocycles. The largest absolute Gasteiger partial charge is 0.506 e. The van der Waals surface area contributed by atoms with Gasteiger partial charge >= 0.3 is 5.97 Å². The molecule has 6 heteroatoms. The fourth-order valence-corrected chi connectivity index (χ4v) is 3.40. The van der Waals surface area contributed by atoms with Crippen LogP contribution in [-0.2, 0) is 4.79 Å². The smallest absolute Gasteiger partial charge is 0.310 e. The van der Waals surface area contributed by atoms with E-state index in [0.29, 0.717) is 11.1 Å². The zero-order chi connectivity index (χ0) is 20.5. The number of phenolic OH excluding ortho intramolecular Hbond substituents is 1. The highest BCUT2D eigenvalue weighted by atomic mass is 16.4. The maximum absolute atomic E-state index is 12.2. The number of aliphatic carboxylic acids is 1. The van der Waals surface area contributed by atoms with E-state index < -0.39 is 11.9 Å². The van der Waals surface area contributed by atoms with Crippen molar-refractivity contribution < 1.29 is 15.0 Å². The predicted octanol–water partition coefficient (Wildman–Crippen LogP) is 4.15. The van der Waals surface area contributed by atoms with Crippen LogP contribution in [0, 0.1) is 0 Å². The number of aromatic amines is 1. The van der Waals surface area contributed by atoms with Crippen LogP contribution in [0.4, 0.5) is 0 Å². The van der Waals surface area contributed by atoms with E-state index in [-0.39, 0.29) is 22.2 Å². The summed E-state index contributed by atoms with van der Waals surface area (Å²) in [5.41, 5.74) is 3.63. The lowest BCUT2D eigenvalue weighted by atomic mass is 9.89. The number of fused-ring (bicyclic) bond motifs is 1. The van der Waals surface area contributed by atoms with E-state index >= 15 is 0 Å². The van der Waals surface area contributed by atoms with Crippen LogP contribution < -0.4 is 5.56 Å². The van der Waals surface area contributed by atoms with Crippen molar-refractivity contribution in [3.8, 4) is 28.0 Å². The minimum absolute atomic E-state index is 0.112. The SMILES string of the molecule is CC(C(=O)O)c1ccc(-c2ccccc2)c(-c2cc(O)c3nc[nH]c(=O)c3c2)c1. The van der Waals surface area contributed by atoms with E-state index in [1.54, 1.807) is 31.2 Å². The minimum atomic E-state index is -0.926. The molecule has 1 aromatic heterocycles. The van der Waals surface area contributed by atoms with Gasteiger partial charge in [-0.2, -0.15) is 0 Å². The fraction of sp³-hybridized carbons (Fsp3) is 0.0870. The molecule has 4 rings (SSSR count). The first-order valence-corrected chi connectivity index (χ1v) is 9.08. The highest BCUT2D eigenvalue weighted by molar-refractivity contribution is 5.93. The van der Waals surface area contributed by atoms with Crippen molar-refractivity contribution in [3.63, 3.8) is 0 Å². The van der Waals surface area contributed by atoms with E-state index in [1.165, 1.54) is 6.33 Å². The maximum Gasteiger partial charge on any atom is 0.310 e. The molecule has 3 N–H and O–H groups in total. The fourth-order valence-electron chi connectivity index (χ4n) is 3.40. The number of phenols is 1. The zero-order valence-corrected chi connectivity index (χ0v) is 15.6. The number of aromatic nitrogens is 2. The Hall–Kier alpha value is -3.93. The van der Waals surface area contributed by atoms with Crippen molar-refractivity contribution in [3.05, 3.63) is 82.9 Å². The summed E-state index contributed by atoms with van der Waals surface area (Å²) < 4.78 is 0. The monoisotopic (exact) mass is 386 g/mol. The number of nitrogens with zero attached hydrogens (tertiary/aromatic N) is 1. The quantitative estimate of drug-likeness (QED) is 0.489. The molecule has 1 unspecified atom stereocenters. The van der Waals surface area contributed by atoms with Gasteiger partial charge in [0.15, 0.2) is 0 Å². The van der Waals surface area contributed by atoms with Crippen molar-refractivity contribution >= 4 is 16.9 Å². The molecule has 144 valence electrons.